The molecule has 4 rings (SSSR count). The van der Waals surface area contributed by atoms with Crippen LogP contribution in [-0.4, -0.2) is 14.7 Å². The van der Waals surface area contributed by atoms with Crippen LogP contribution < -0.4 is 0 Å². The number of imidazole rings is 1. The fraction of sp³-hybridized carbons (Fsp3) is 0.278. The van der Waals surface area contributed by atoms with Crippen molar-refractivity contribution in [1.29, 1.82) is 0 Å². The molecular weight excluding hydrogens is 260 g/mol. The molecule has 1 saturated carbocycles. The summed E-state index contributed by atoms with van der Waals surface area (Å²) < 4.78 is 2.33. The van der Waals surface area contributed by atoms with Gasteiger partial charge < -0.3 is 9.67 Å². The molecule has 0 saturated heterocycles. The van der Waals surface area contributed by atoms with E-state index in [2.05, 4.69) is 29.7 Å². The first-order valence-corrected chi connectivity index (χ1v) is 7.42. The first kappa shape index (κ1) is 12.5. The van der Waals surface area contributed by atoms with Crippen LogP contribution in [-0.2, 0) is 0 Å². The zero-order chi connectivity index (χ0) is 14.6. The van der Waals surface area contributed by atoms with Crippen LogP contribution in [0, 0.1) is 13.8 Å². The molecule has 1 fully saturated rings. The maximum atomic E-state index is 9.99. The van der Waals surface area contributed by atoms with Crippen molar-refractivity contribution in [2.75, 3.05) is 0 Å². The SMILES string of the molecule is Cc1ccc2c(c1)nc(-c1ccc(C)c(O)c1)n2C1CC1. The minimum absolute atomic E-state index is 0.332. The Morgan fingerprint density at radius 2 is 1.90 bits per heavy atom. The van der Waals surface area contributed by atoms with Crippen molar-refractivity contribution in [2.45, 2.75) is 32.7 Å². The summed E-state index contributed by atoms with van der Waals surface area (Å²) in [6.07, 6.45) is 2.42. The van der Waals surface area contributed by atoms with Crippen LogP contribution in [0.15, 0.2) is 36.4 Å². The highest BCUT2D eigenvalue weighted by Gasteiger charge is 2.28. The molecule has 2 aromatic carbocycles. The van der Waals surface area contributed by atoms with Gasteiger partial charge in [-0.15, -0.1) is 0 Å². The summed E-state index contributed by atoms with van der Waals surface area (Å²) >= 11 is 0. The van der Waals surface area contributed by atoms with E-state index < -0.39 is 0 Å². The third-order valence-corrected chi connectivity index (χ3v) is 4.22. The van der Waals surface area contributed by atoms with Gasteiger partial charge in [-0.1, -0.05) is 18.2 Å². The normalized spacial score (nSPS) is 14.8. The van der Waals surface area contributed by atoms with Gasteiger partial charge in [-0.05, 0) is 56.0 Å². The van der Waals surface area contributed by atoms with Gasteiger partial charge >= 0.3 is 0 Å². The van der Waals surface area contributed by atoms with Crippen LogP contribution >= 0.6 is 0 Å². The lowest BCUT2D eigenvalue weighted by Crippen LogP contribution is -1.97. The van der Waals surface area contributed by atoms with E-state index in [-0.39, 0.29) is 0 Å². The van der Waals surface area contributed by atoms with Crippen molar-refractivity contribution in [3.63, 3.8) is 0 Å². The van der Waals surface area contributed by atoms with E-state index in [1.54, 1.807) is 0 Å². The van der Waals surface area contributed by atoms with Crippen LogP contribution in [0.1, 0.15) is 30.0 Å². The fourth-order valence-corrected chi connectivity index (χ4v) is 2.86. The molecule has 1 heterocycles. The van der Waals surface area contributed by atoms with Crippen LogP contribution in [0.25, 0.3) is 22.4 Å². The summed E-state index contributed by atoms with van der Waals surface area (Å²) in [5.41, 5.74) is 5.33. The number of benzene rings is 2. The maximum absolute atomic E-state index is 9.99. The molecule has 3 nitrogen and oxygen atoms in total. The average Bonchev–Trinajstić information content (AvgIpc) is 3.22. The van der Waals surface area contributed by atoms with Crippen molar-refractivity contribution in [3.8, 4) is 17.1 Å². The Bertz CT molecular complexity index is 844. The van der Waals surface area contributed by atoms with Crippen molar-refractivity contribution in [3.05, 3.63) is 47.5 Å². The lowest BCUT2D eigenvalue weighted by Gasteiger charge is -2.09. The predicted octanol–water partition coefficient (Wildman–Crippen LogP) is 4.36. The Morgan fingerprint density at radius 3 is 2.62 bits per heavy atom. The van der Waals surface area contributed by atoms with Crippen LogP contribution in [0.5, 0.6) is 5.75 Å². The fourth-order valence-electron chi connectivity index (χ4n) is 2.86. The Labute approximate surface area is 123 Å². The maximum Gasteiger partial charge on any atom is 0.141 e. The highest BCUT2D eigenvalue weighted by Crippen LogP contribution is 2.41. The summed E-state index contributed by atoms with van der Waals surface area (Å²) in [4.78, 5) is 4.83. The standard InChI is InChI=1S/C18H18N2O/c1-11-3-8-16-15(9-11)19-18(20(16)14-6-7-14)13-5-4-12(2)17(21)10-13/h3-5,8-10,14,21H,6-7H2,1-2H3. The number of hydrogen-bond donors (Lipinski definition) is 1. The molecule has 1 aliphatic rings. The van der Waals surface area contributed by atoms with Gasteiger partial charge in [-0.2, -0.15) is 0 Å². The minimum atomic E-state index is 0.332. The molecule has 21 heavy (non-hydrogen) atoms. The second-order valence-corrected chi connectivity index (χ2v) is 6.03. The van der Waals surface area contributed by atoms with E-state index >= 15 is 0 Å². The molecule has 0 unspecified atom stereocenters. The van der Waals surface area contributed by atoms with Gasteiger partial charge in [-0.25, -0.2) is 4.98 Å². The zero-order valence-electron chi connectivity index (χ0n) is 12.3. The Hall–Kier alpha value is -2.29. The van der Waals surface area contributed by atoms with Gasteiger partial charge in [0.15, 0.2) is 0 Å². The van der Waals surface area contributed by atoms with Crippen LogP contribution in [0.2, 0.25) is 0 Å². The second kappa shape index (κ2) is 4.35. The molecule has 3 aromatic rings. The molecule has 106 valence electrons. The predicted molar refractivity (Wildman–Crippen MR) is 84.6 cm³/mol. The summed E-state index contributed by atoms with van der Waals surface area (Å²) in [5, 5.41) is 9.99. The van der Waals surface area contributed by atoms with E-state index in [9.17, 15) is 5.11 Å². The molecule has 1 aliphatic carbocycles. The highest BCUT2D eigenvalue weighted by molar-refractivity contribution is 5.82. The molecular formula is C18H18N2O. The number of phenolic OH excluding ortho intramolecular Hbond substituents is 1. The van der Waals surface area contributed by atoms with Crippen molar-refractivity contribution >= 4 is 11.0 Å². The molecule has 0 atom stereocenters. The highest BCUT2D eigenvalue weighted by atomic mass is 16.3. The number of nitrogens with zero attached hydrogens (tertiary/aromatic N) is 2. The van der Waals surface area contributed by atoms with E-state index in [4.69, 9.17) is 4.98 Å². The van der Waals surface area contributed by atoms with Crippen molar-refractivity contribution in [1.82, 2.24) is 9.55 Å². The van der Waals surface area contributed by atoms with Crippen LogP contribution in [0.3, 0.4) is 0 Å². The monoisotopic (exact) mass is 278 g/mol. The van der Waals surface area contributed by atoms with Crippen molar-refractivity contribution in [2.24, 2.45) is 0 Å². The number of aryl methyl sites for hydroxylation is 2. The second-order valence-electron chi connectivity index (χ2n) is 6.03. The molecule has 1 aromatic heterocycles. The van der Waals surface area contributed by atoms with E-state index in [1.807, 2.05) is 25.1 Å². The summed E-state index contributed by atoms with van der Waals surface area (Å²) in [7, 11) is 0. The molecule has 3 heteroatoms. The summed E-state index contributed by atoms with van der Waals surface area (Å²) in [6.45, 7) is 4.00. The smallest absolute Gasteiger partial charge is 0.141 e. The Kier molecular flexibility index (Phi) is 2.58. The van der Waals surface area contributed by atoms with Crippen LogP contribution in [0.4, 0.5) is 0 Å². The van der Waals surface area contributed by atoms with Gasteiger partial charge in [0.25, 0.3) is 0 Å². The van der Waals surface area contributed by atoms with Gasteiger partial charge in [0.05, 0.1) is 11.0 Å². The third-order valence-electron chi connectivity index (χ3n) is 4.22. The Balaban J connectivity index is 1.98. The lowest BCUT2D eigenvalue weighted by atomic mass is 10.1. The number of hydrogen-bond acceptors (Lipinski definition) is 2. The van der Waals surface area contributed by atoms with Gasteiger partial charge in [0.2, 0.25) is 0 Å². The largest absolute Gasteiger partial charge is 0.508 e. The number of fused-ring (bicyclic) bond motifs is 1. The molecule has 1 N–H and O–H groups in total. The van der Waals surface area contributed by atoms with Crippen molar-refractivity contribution < 1.29 is 5.11 Å². The first-order chi connectivity index (χ1) is 10.1. The molecule has 0 aliphatic heterocycles. The number of aromatic hydroxyl groups is 1. The topological polar surface area (TPSA) is 38.1 Å². The van der Waals surface area contributed by atoms with Gasteiger partial charge in [0.1, 0.15) is 11.6 Å². The molecule has 0 spiro atoms. The Morgan fingerprint density at radius 1 is 1.10 bits per heavy atom. The lowest BCUT2D eigenvalue weighted by molar-refractivity contribution is 0.471. The van der Waals surface area contributed by atoms with E-state index in [0.717, 1.165) is 22.5 Å². The number of rotatable bonds is 2. The zero-order valence-corrected chi connectivity index (χ0v) is 12.3. The summed E-state index contributed by atoms with van der Waals surface area (Å²) in [6, 6.07) is 12.8. The molecule has 0 amide bonds. The average molecular weight is 278 g/mol. The minimum Gasteiger partial charge on any atom is -0.508 e. The summed E-state index contributed by atoms with van der Waals surface area (Å²) in [5.74, 6) is 1.30. The van der Waals surface area contributed by atoms with E-state index in [0.29, 0.717) is 11.8 Å². The van der Waals surface area contributed by atoms with Gasteiger partial charge in [0, 0.05) is 11.6 Å². The number of aromatic nitrogens is 2. The molecule has 0 bridgehead atoms. The quantitative estimate of drug-likeness (QED) is 0.756. The molecule has 0 radical (unpaired) electrons. The first-order valence-electron chi connectivity index (χ1n) is 7.42. The third kappa shape index (κ3) is 2.00. The number of phenols is 1. The van der Waals surface area contributed by atoms with Gasteiger partial charge in [-0.3, -0.25) is 0 Å². The van der Waals surface area contributed by atoms with E-state index in [1.165, 1.54) is 23.9 Å².